The summed E-state index contributed by atoms with van der Waals surface area (Å²) in [4.78, 5) is 0. The molecule has 76 valence electrons. The van der Waals surface area contributed by atoms with Crippen LogP contribution in [0.3, 0.4) is 0 Å². The molecule has 1 aliphatic carbocycles. The fourth-order valence-corrected chi connectivity index (χ4v) is 1.79. The number of rotatable bonds is 2. The van der Waals surface area contributed by atoms with Crippen molar-refractivity contribution >= 4 is 5.69 Å². The third kappa shape index (κ3) is 1.69. The number of benzene rings is 1. The molecule has 0 saturated heterocycles. The zero-order valence-electron chi connectivity index (χ0n) is 8.75. The zero-order chi connectivity index (χ0) is 10.1. The van der Waals surface area contributed by atoms with Crippen LogP contribution in [-0.4, -0.2) is 11.1 Å². The summed E-state index contributed by atoms with van der Waals surface area (Å²) in [6.07, 6.45) is 2.56. The number of phenols is 1. The minimum Gasteiger partial charge on any atom is -0.508 e. The minimum absolute atomic E-state index is 0.377. The van der Waals surface area contributed by atoms with Gasteiger partial charge in [-0.15, -0.1) is 0 Å². The number of phenolic OH excluding ortho intramolecular Hbond substituents is 1. The Morgan fingerprint density at radius 3 is 2.64 bits per heavy atom. The van der Waals surface area contributed by atoms with Gasteiger partial charge in [-0.1, -0.05) is 13.0 Å². The van der Waals surface area contributed by atoms with Crippen LogP contribution in [0.5, 0.6) is 5.75 Å². The van der Waals surface area contributed by atoms with Crippen LogP contribution in [0.1, 0.15) is 25.3 Å². The Morgan fingerprint density at radius 2 is 2.14 bits per heavy atom. The summed E-state index contributed by atoms with van der Waals surface area (Å²) in [6, 6.07) is 6.37. The van der Waals surface area contributed by atoms with Gasteiger partial charge in [0.2, 0.25) is 0 Å². The number of hydrogen-bond donors (Lipinski definition) is 2. The van der Waals surface area contributed by atoms with Crippen LogP contribution in [0.2, 0.25) is 0 Å². The smallest absolute Gasteiger partial charge is 0.120 e. The summed E-state index contributed by atoms with van der Waals surface area (Å²) < 4.78 is 0. The Morgan fingerprint density at radius 1 is 1.36 bits per heavy atom. The standard InChI is InChI=1S/C12H17NO/c1-8-4-6-11(8)13-10-5-3-9(2)12(14)7-10/h3,5,7-8,11,13-14H,4,6H2,1-2H3. The normalized spacial score (nSPS) is 25.6. The van der Waals surface area contributed by atoms with Gasteiger partial charge < -0.3 is 10.4 Å². The molecule has 2 nitrogen and oxygen atoms in total. The summed E-state index contributed by atoms with van der Waals surface area (Å²) in [5, 5.41) is 13.0. The SMILES string of the molecule is Cc1ccc(NC2CCC2C)cc1O. The van der Waals surface area contributed by atoms with E-state index in [2.05, 4.69) is 12.2 Å². The van der Waals surface area contributed by atoms with Gasteiger partial charge in [-0.3, -0.25) is 0 Å². The summed E-state index contributed by atoms with van der Waals surface area (Å²) in [6.45, 7) is 4.17. The third-order valence-electron chi connectivity index (χ3n) is 3.18. The maximum Gasteiger partial charge on any atom is 0.120 e. The molecular formula is C12H17NO. The van der Waals surface area contributed by atoms with Crippen molar-refractivity contribution < 1.29 is 5.11 Å². The molecule has 0 radical (unpaired) electrons. The molecule has 2 heteroatoms. The molecule has 2 unspecified atom stereocenters. The molecule has 2 rings (SSSR count). The van der Waals surface area contributed by atoms with Crippen molar-refractivity contribution in [1.82, 2.24) is 0 Å². The van der Waals surface area contributed by atoms with Crippen molar-refractivity contribution in [2.45, 2.75) is 32.7 Å². The molecule has 1 aliphatic rings. The third-order valence-corrected chi connectivity index (χ3v) is 3.18. The fraction of sp³-hybridized carbons (Fsp3) is 0.500. The second-order valence-corrected chi connectivity index (χ2v) is 4.31. The van der Waals surface area contributed by atoms with Crippen LogP contribution >= 0.6 is 0 Å². The Kier molecular flexibility index (Phi) is 2.36. The molecule has 0 spiro atoms. The van der Waals surface area contributed by atoms with E-state index >= 15 is 0 Å². The van der Waals surface area contributed by atoms with Gasteiger partial charge in [-0.2, -0.15) is 0 Å². The van der Waals surface area contributed by atoms with E-state index in [-0.39, 0.29) is 0 Å². The quantitative estimate of drug-likeness (QED) is 0.753. The number of nitrogens with one attached hydrogen (secondary N) is 1. The average Bonchev–Trinajstić information content (AvgIpc) is 2.17. The predicted octanol–water partition coefficient (Wildman–Crippen LogP) is 2.91. The lowest BCUT2D eigenvalue weighted by atomic mass is 9.81. The fourth-order valence-electron chi connectivity index (χ4n) is 1.79. The Bertz CT molecular complexity index is 335. The van der Waals surface area contributed by atoms with Crippen molar-refractivity contribution in [2.75, 3.05) is 5.32 Å². The Hall–Kier alpha value is -1.18. The van der Waals surface area contributed by atoms with Crippen LogP contribution in [-0.2, 0) is 0 Å². The summed E-state index contributed by atoms with van der Waals surface area (Å²) in [7, 11) is 0. The van der Waals surface area contributed by atoms with Crippen molar-refractivity contribution in [3.8, 4) is 5.75 Å². The monoisotopic (exact) mass is 191 g/mol. The molecule has 1 fully saturated rings. The van der Waals surface area contributed by atoms with Gasteiger partial charge in [0.1, 0.15) is 5.75 Å². The highest BCUT2D eigenvalue weighted by Crippen LogP contribution is 2.31. The highest BCUT2D eigenvalue weighted by molar-refractivity contribution is 5.51. The van der Waals surface area contributed by atoms with E-state index in [9.17, 15) is 5.11 Å². The average molecular weight is 191 g/mol. The number of anilines is 1. The van der Waals surface area contributed by atoms with Gasteiger partial charge in [0.25, 0.3) is 0 Å². The topological polar surface area (TPSA) is 32.3 Å². The van der Waals surface area contributed by atoms with Gasteiger partial charge in [-0.25, -0.2) is 0 Å². The van der Waals surface area contributed by atoms with E-state index < -0.39 is 0 Å². The molecule has 0 aliphatic heterocycles. The van der Waals surface area contributed by atoms with Crippen molar-refractivity contribution in [1.29, 1.82) is 0 Å². The van der Waals surface area contributed by atoms with Crippen LogP contribution in [0.15, 0.2) is 18.2 Å². The molecule has 2 N–H and O–H groups in total. The molecular weight excluding hydrogens is 174 g/mol. The zero-order valence-corrected chi connectivity index (χ0v) is 8.75. The van der Waals surface area contributed by atoms with Crippen molar-refractivity contribution in [3.63, 3.8) is 0 Å². The second kappa shape index (κ2) is 3.52. The lowest BCUT2D eigenvalue weighted by Gasteiger charge is -2.35. The first-order valence-electron chi connectivity index (χ1n) is 5.23. The molecule has 2 atom stereocenters. The maximum absolute atomic E-state index is 9.53. The van der Waals surface area contributed by atoms with Crippen molar-refractivity contribution in [3.05, 3.63) is 23.8 Å². The van der Waals surface area contributed by atoms with Gasteiger partial charge >= 0.3 is 0 Å². The summed E-state index contributed by atoms with van der Waals surface area (Å²) in [5.74, 6) is 1.14. The number of aromatic hydroxyl groups is 1. The molecule has 1 aromatic carbocycles. The molecule has 1 saturated carbocycles. The lowest BCUT2D eigenvalue weighted by molar-refractivity contribution is 0.303. The first-order chi connectivity index (χ1) is 6.66. The largest absolute Gasteiger partial charge is 0.508 e. The van der Waals surface area contributed by atoms with Crippen LogP contribution in [0.25, 0.3) is 0 Å². The van der Waals surface area contributed by atoms with Crippen molar-refractivity contribution in [2.24, 2.45) is 5.92 Å². The number of aryl methyl sites for hydroxylation is 1. The van der Waals surface area contributed by atoms with Crippen LogP contribution in [0, 0.1) is 12.8 Å². The predicted molar refractivity (Wildman–Crippen MR) is 58.7 cm³/mol. The molecule has 0 aromatic heterocycles. The van der Waals surface area contributed by atoms with Gasteiger partial charge in [0.15, 0.2) is 0 Å². The first kappa shape index (κ1) is 9.38. The minimum atomic E-state index is 0.377. The molecule has 14 heavy (non-hydrogen) atoms. The molecule has 0 bridgehead atoms. The Labute approximate surface area is 85.0 Å². The van der Waals surface area contributed by atoms with E-state index in [1.165, 1.54) is 12.8 Å². The van der Waals surface area contributed by atoms with E-state index in [4.69, 9.17) is 0 Å². The maximum atomic E-state index is 9.53. The first-order valence-corrected chi connectivity index (χ1v) is 5.23. The van der Waals surface area contributed by atoms with E-state index in [1.807, 2.05) is 19.1 Å². The highest BCUT2D eigenvalue weighted by Gasteiger charge is 2.26. The lowest BCUT2D eigenvalue weighted by Crippen LogP contribution is -2.36. The van der Waals surface area contributed by atoms with Gasteiger partial charge in [0.05, 0.1) is 0 Å². The molecule has 0 amide bonds. The van der Waals surface area contributed by atoms with Crippen LogP contribution < -0.4 is 5.32 Å². The van der Waals surface area contributed by atoms with E-state index in [0.717, 1.165) is 17.2 Å². The second-order valence-electron chi connectivity index (χ2n) is 4.31. The summed E-state index contributed by atoms with van der Waals surface area (Å²) >= 11 is 0. The molecule has 1 aromatic rings. The molecule has 0 heterocycles. The van der Waals surface area contributed by atoms with E-state index in [1.54, 1.807) is 6.07 Å². The summed E-state index contributed by atoms with van der Waals surface area (Å²) in [5.41, 5.74) is 1.96. The van der Waals surface area contributed by atoms with Gasteiger partial charge in [0, 0.05) is 17.8 Å². The van der Waals surface area contributed by atoms with E-state index in [0.29, 0.717) is 11.8 Å². The highest BCUT2D eigenvalue weighted by atomic mass is 16.3. The number of hydrogen-bond acceptors (Lipinski definition) is 2. The Balaban J connectivity index is 2.06. The van der Waals surface area contributed by atoms with Crippen LogP contribution in [0.4, 0.5) is 5.69 Å². The van der Waals surface area contributed by atoms with Gasteiger partial charge in [-0.05, 0) is 37.3 Å².